The normalized spacial score (nSPS) is 21.6. The number of anilines is 1. The first kappa shape index (κ1) is 15.2. The quantitative estimate of drug-likeness (QED) is 0.828. The van der Waals surface area contributed by atoms with Crippen molar-refractivity contribution < 1.29 is 14.7 Å². The molecule has 1 aliphatic rings. The first-order valence-corrected chi connectivity index (χ1v) is 7.08. The van der Waals surface area contributed by atoms with Crippen LogP contribution in [0.2, 0.25) is 0 Å². The van der Waals surface area contributed by atoms with Gasteiger partial charge < -0.3 is 15.3 Å². The number of aromatic nitrogens is 2. The lowest BCUT2D eigenvalue weighted by molar-refractivity contribution is -0.144. The third-order valence-electron chi connectivity index (χ3n) is 3.70. The minimum Gasteiger partial charge on any atom is -0.481 e. The fraction of sp³-hybridized carbons (Fsp3) is 0.571. The van der Waals surface area contributed by atoms with Crippen LogP contribution < -0.4 is 10.2 Å². The van der Waals surface area contributed by atoms with Crippen LogP contribution in [-0.2, 0) is 9.59 Å². The smallest absolute Gasteiger partial charge is 0.308 e. The number of nitrogens with one attached hydrogen (secondary N) is 1. The van der Waals surface area contributed by atoms with E-state index in [1.165, 1.54) is 0 Å². The molecule has 114 valence electrons. The van der Waals surface area contributed by atoms with Crippen LogP contribution in [0, 0.1) is 5.92 Å². The van der Waals surface area contributed by atoms with E-state index in [2.05, 4.69) is 15.3 Å². The second kappa shape index (κ2) is 7.01. The van der Waals surface area contributed by atoms with Crippen molar-refractivity contribution in [2.24, 2.45) is 5.92 Å². The van der Waals surface area contributed by atoms with E-state index in [0.717, 1.165) is 12.8 Å². The van der Waals surface area contributed by atoms with Crippen LogP contribution in [-0.4, -0.2) is 46.6 Å². The summed E-state index contributed by atoms with van der Waals surface area (Å²) in [4.78, 5) is 33.0. The van der Waals surface area contributed by atoms with E-state index < -0.39 is 11.9 Å². The molecule has 0 aliphatic heterocycles. The van der Waals surface area contributed by atoms with Gasteiger partial charge >= 0.3 is 5.97 Å². The Kier molecular flexibility index (Phi) is 5.08. The van der Waals surface area contributed by atoms with Crippen molar-refractivity contribution in [3.63, 3.8) is 0 Å². The number of carboxylic acids is 1. The summed E-state index contributed by atoms with van der Waals surface area (Å²) in [5.74, 6) is -1.06. The van der Waals surface area contributed by atoms with Crippen molar-refractivity contribution in [1.82, 2.24) is 15.3 Å². The number of carboxylic acid groups (broad SMARTS) is 1. The van der Waals surface area contributed by atoms with E-state index in [1.807, 2.05) is 0 Å². The Balaban J connectivity index is 1.90. The molecule has 1 amide bonds. The molecule has 1 fully saturated rings. The van der Waals surface area contributed by atoms with Gasteiger partial charge in [-0.1, -0.05) is 12.8 Å². The highest BCUT2D eigenvalue weighted by molar-refractivity contribution is 5.82. The van der Waals surface area contributed by atoms with Gasteiger partial charge in [0.05, 0.1) is 12.5 Å². The highest BCUT2D eigenvalue weighted by Crippen LogP contribution is 2.24. The molecule has 1 heterocycles. The summed E-state index contributed by atoms with van der Waals surface area (Å²) in [7, 11) is 1.73. The van der Waals surface area contributed by atoms with E-state index >= 15 is 0 Å². The van der Waals surface area contributed by atoms with Crippen molar-refractivity contribution in [3.05, 3.63) is 18.5 Å². The first-order chi connectivity index (χ1) is 10.1. The molecule has 0 radical (unpaired) electrons. The Morgan fingerprint density at radius 2 is 2.00 bits per heavy atom. The molecule has 0 spiro atoms. The summed E-state index contributed by atoms with van der Waals surface area (Å²) in [6.07, 6.45) is 6.41. The molecule has 2 rings (SSSR count). The van der Waals surface area contributed by atoms with E-state index in [9.17, 15) is 14.7 Å². The van der Waals surface area contributed by atoms with Gasteiger partial charge in [0.15, 0.2) is 0 Å². The minimum absolute atomic E-state index is 0.104. The number of carbonyl (C=O) groups excluding carboxylic acids is 1. The Hall–Kier alpha value is -2.18. The Labute approximate surface area is 123 Å². The number of aliphatic carboxylic acids is 1. The second-order valence-electron chi connectivity index (χ2n) is 5.31. The topological polar surface area (TPSA) is 95.4 Å². The van der Waals surface area contributed by atoms with Crippen LogP contribution in [0.4, 0.5) is 5.95 Å². The fourth-order valence-electron chi connectivity index (χ4n) is 2.63. The third-order valence-corrected chi connectivity index (χ3v) is 3.70. The number of hydrogen-bond acceptors (Lipinski definition) is 5. The molecule has 0 saturated heterocycles. The molecular weight excluding hydrogens is 272 g/mol. The zero-order valence-electron chi connectivity index (χ0n) is 12.0. The molecule has 2 atom stereocenters. The summed E-state index contributed by atoms with van der Waals surface area (Å²) < 4.78 is 0. The van der Waals surface area contributed by atoms with Gasteiger partial charge in [0.2, 0.25) is 11.9 Å². The van der Waals surface area contributed by atoms with Crippen LogP contribution in [0.5, 0.6) is 0 Å². The SMILES string of the molecule is CN(CC(=O)NC1CCCCC1C(=O)O)c1ncccn1. The molecule has 7 nitrogen and oxygen atoms in total. The lowest BCUT2D eigenvalue weighted by Crippen LogP contribution is -2.48. The second-order valence-corrected chi connectivity index (χ2v) is 5.31. The molecule has 21 heavy (non-hydrogen) atoms. The van der Waals surface area contributed by atoms with Crippen molar-refractivity contribution in [2.75, 3.05) is 18.5 Å². The van der Waals surface area contributed by atoms with Gasteiger partial charge in [-0.05, 0) is 18.9 Å². The Morgan fingerprint density at radius 3 is 2.67 bits per heavy atom. The monoisotopic (exact) mass is 292 g/mol. The van der Waals surface area contributed by atoms with E-state index in [4.69, 9.17) is 0 Å². The standard InChI is InChI=1S/C14H20N4O3/c1-18(14-15-7-4-8-16-14)9-12(19)17-11-6-3-2-5-10(11)13(20)21/h4,7-8,10-11H,2-3,5-6,9H2,1H3,(H,17,19)(H,20,21). The van der Waals surface area contributed by atoms with Crippen molar-refractivity contribution in [1.29, 1.82) is 0 Å². The molecule has 1 aromatic rings. The molecule has 1 aliphatic carbocycles. The predicted molar refractivity (Wildman–Crippen MR) is 76.8 cm³/mol. The number of likely N-dealkylation sites (N-methyl/N-ethyl adjacent to an activating group) is 1. The van der Waals surface area contributed by atoms with Crippen LogP contribution in [0.15, 0.2) is 18.5 Å². The first-order valence-electron chi connectivity index (χ1n) is 7.08. The van der Waals surface area contributed by atoms with Crippen LogP contribution in [0.25, 0.3) is 0 Å². The predicted octanol–water partition coefficient (Wildman–Crippen LogP) is 0.672. The number of hydrogen-bond donors (Lipinski definition) is 2. The highest BCUT2D eigenvalue weighted by atomic mass is 16.4. The van der Waals surface area contributed by atoms with E-state index in [0.29, 0.717) is 18.8 Å². The third kappa shape index (κ3) is 4.14. The van der Waals surface area contributed by atoms with Crippen molar-refractivity contribution in [2.45, 2.75) is 31.7 Å². The van der Waals surface area contributed by atoms with Gasteiger partial charge in [-0.25, -0.2) is 9.97 Å². The summed E-state index contributed by atoms with van der Waals surface area (Å²) in [6, 6.07) is 1.42. The lowest BCUT2D eigenvalue weighted by Gasteiger charge is -2.29. The van der Waals surface area contributed by atoms with Gasteiger partial charge in [0.1, 0.15) is 0 Å². The van der Waals surface area contributed by atoms with Crippen molar-refractivity contribution in [3.8, 4) is 0 Å². The zero-order valence-corrected chi connectivity index (χ0v) is 12.0. The Bertz CT molecular complexity index is 494. The molecule has 7 heteroatoms. The van der Waals surface area contributed by atoms with Gasteiger partial charge in [-0.2, -0.15) is 0 Å². The molecule has 1 saturated carbocycles. The molecule has 0 bridgehead atoms. The maximum absolute atomic E-state index is 12.1. The number of nitrogens with zero attached hydrogens (tertiary/aromatic N) is 3. The van der Waals surface area contributed by atoms with E-state index in [-0.39, 0.29) is 18.5 Å². The highest BCUT2D eigenvalue weighted by Gasteiger charge is 2.31. The molecule has 1 aromatic heterocycles. The van der Waals surface area contributed by atoms with Gasteiger partial charge in [0, 0.05) is 25.5 Å². The van der Waals surface area contributed by atoms with E-state index in [1.54, 1.807) is 30.4 Å². The fourth-order valence-corrected chi connectivity index (χ4v) is 2.63. The molecule has 2 N–H and O–H groups in total. The molecule has 0 aromatic carbocycles. The lowest BCUT2D eigenvalue weighted by atomic mass is 9.84. The number of amides is 1. The molecular formula is C14H20N4O3. The van der Waals surface area contributed by atoms with Crippen molar-refractivity contribution >= 4 is 17.8 Å². The Morgan fingerprint density at radius 1 is 1.33 bits per heavy atom. The average Bonchev–Trinajstić information content (AvgIpc) is 2.48. The van der Waals surface area contributed by atoms with Gasteiger partial charge in [-0.15, -0.1) is 0 Å². The minimum atomic E-state index is -0.834. The maximum atomic E-state index is 12.1. The zero-order chi connectivity index (χ0) is 15.2. The summed E-state index contributed by atoms with van der Waals surface area (Å²) in [5, 5.41) is 12.0. The largest absolute Gasteiger partial charge is 0.481 e. The van der Waals surface area contributed by atoms with Crippen LogP contribution >= 0.6 is 0 Å². The maximum Gasteiger partial charge on any atom is 0.308 e. The van der Waals surface area contributed by atoms with Gasteiger partial charge in [-0.3, -0.25) is 9.59 Å². The van der Waals surface area contributed by atoms with Crippen LogP contribution in [0.3, 0.4) is 0 Å². The average molecular weight is 292 g/mol. The molecule has 2 unspecified atom stereocenters. The number of rotatable bonds is 5. The number of carbonyl (C=O) groups is 2. The van der Waals surface area contributed by atoms with Crippen LogP contribution in [0.1, 0.15) is 25.7 Å². The summed E-state index contributed by atoms with van der Waals surface area (Å²) >= 11 is 0. The van der Waals surface area contributed by atoms with Gasteiger partial charge in [0.25, 0.3) is 0 Å². The summed E-state index contributed by atoms with van der Waals surface area (Å²) in [5.41, 5.74) is 0. The summed E-state index contributed by atoms with van der Waals surface area (Å²) in [6.45, 7) is 0.104.